The lowest BCUT2D eigenvalue weighted by Gasteiger charge is -2.02. The van der Waals surface area contributed by atoms with Gasteiger partial charge in [0.15, 0.2) is 5.13 Å². The number of non-ortho nitro benzene ring substituents is 1. The van der Waals surface area contributed by atoms with Crippen LogP contribution in [0.1, 0.15) is 10.4 Å². The maximum absolute atomic E-state index is 12.1. The largest absolute Gasteiger partial charge is 0.301 e. The Labute approximate surface area is 168 Å². The second kappa shape index (κ2) is 8.98. The van der Waals surface area contributed by atoms with Crippen molar-refractivity contribution in [1.29, 1.82) is 0 Å². The minimum atomic E-state index is -0.453. The van der Waals surface area contributed by atoms with Crippen molar-refractivity contribution < 1.29 is 9.72 Å². The number of amides is 1. The number of carbonyl (C=O) groups is 1. The number of aromatic nitrogens is 1. The van der Waals surface area contributed by atoms with E-state index in [9.17, 15) is 14.9 Å². The van der Waals surface area contributed by atoms with E-state index < -0.39 is 4.92 Å². The number of thiazole rings is 1. The standard InChI is InChI=1S/C18H14ClN3O3S2/c19-13-3-1-12(2-4-13)9-16-10-20-18(27-16)21-17(23)11-26-15-7-5-14(6-8-15)22(24)25/h1-8,10H,9,11H2,(H,20,21,23). The van der Waals surface area contributed by atoms with E-state index in [4.69, 9.17) is 11.6 Å². The number of carbonyl (C=O) groups excluding carboxylic acids is 1. The van der Waals surface area contributed by atoms with Crippen LogP contribution < -0.4 is 5.32 Å². The topological polar surface area (TPSA) is 85.1 Å². The van der Waals surface area contributed by atoms with Gasteiger partial charge in [-0.25, -0.2) is 4.98 Å². The van der Waals surface area contributed by atoms with Crippen LogP contribution in [-0.2, 0) is 11.2 Å². The molecular formula is C18H14ClN3O3S2. The summed E-state index contributed by atoms with van der Waals surface area (Å²) in [6.07, 6.45) is 2.47. The quantitative estimate of drug-likeness (QED) is 0.330. The number of rotatable bonds is 7. The van der Waals surface area contributed by atoms with E-state index in [-0.39, 0.29) is 17.3 Å². The molecule has 6 nitrogen and oxygen atoms in total. The summed E-state index contributed by atoms with van der Waals surface area (Å²) in [6.45, 7) is 0. The molecule has 0 spiro atoms. The number of halogens is 1. The first-order valence-electron chi connectivity index (χ1n) is 7.86. The highest BCUT2D eigenvalue weighted by Gasteiger charge is 2.09. The fourth-order valence-corrected chi connectivity index (χ4v) is 3.91. The molecule has 27 heavy (non-hydrogen) atoms. The van der Waals surface area contributed by atoms with Crippen LogP contribution in [0.4, 0.5) is 10.8 Å². The molecule has 0 bridgehead atoms. The summed E-state index contributed by atoms with van der Waals surface area (Å²) in [6, 6.07) is 13.7. The predicted molar refractivity (Wildman–Crippen MR) is 109 cm³/mol. The predicted octanol–water partition coefficient (Wildman–Crippen LogP) is 5.03. The Morgan fingerprint density at radius 1 is 1.19 bits per heavy atom. The number of anilines is 1. The van der Waals surface area contributed by atoms with Gasteiger partial charge >= 0.3 is 0 Å². The Morgan fingerprint density at radius 2 is 1.89 bits per heavy atom. The van der Waals surface area contributed by atoms with Crippen LogP contribution >= 0.6 is 34.7 Å². The molecule has 9 heteroatoms. The lowest BCUT2D eigenvalue weighted by molar-refractivity contribution is -0.384. The summed E-state index contributed by atoms with van der Waals surface area (Å²) in [7, 11) is 0. The lowest BCUT2D eigenvalue weighted by atomic mass is 10.1. The molecule has 0 atom stereocenters. The number of hydrogen-bond donors (Lipinski definition) is 1. The molecule has 1 heterocycles. The molecule has 3 aromatic rings. The fourth-order valence-electron chi connectivity index (χ4n) is 2.22. The highest BCUT2D eigenvalue weighted by Crippen LogP contribution is 2.24. The molecule has 0 fully saturated rings. The third kappa shape index (κ3) is 5.78. The van der Waals surface area contributed by atoms with Crippen LogP contribution in [0.3, 0.4) is 0 Å². The average molecular weight is 420 g/mol. The maximum atomic E-state index is 12.1. The first-order valence-corrected chi connectivity index (χ1v) is 10.0. The van der Waals surface area contributed by atoms with E-state index in [0.717, 1.165) is 21.8 Å². The van der Waals surface area contributed by atoms with Gasteiger partial charge in [-0.3, -0.25) is 14.9 Å². The van der Waals surface area contributed by atoms with Gasteiger partial charge in [-0.2, -0.15) is 0 Å². The summed E-state index contributed by atoms with van der Waals surface area (Å²) in [5.41, 5.74) is 1.15. The zero-order valence-corrected chi connectivity index (χ0v) is 16.3. The van der Waals surface area contributed by atoms with Crippen LogP contribution in [0.15, 0.2) is 59.6 Å². The van der Waals surface area contributed by atoms with E-state index in [1.165, 1.54) is 35.2 Å². The molecule has 0 radical (unpaired) electrons. The molecule has 0 aliphatic carbocycles. The van der Waals surface area contributed by atoms with E-state index in [1.807, 2.05) is 24.3 Å². The molecule has 0 unspecified atom stereocenters. The Balaban J connectivity index is 1.50. The van der Waals surface area contributed by atoms with Crippen molar-refractivity contribution in [3.05, 3.63) is 80.3 Å². The minimum absolute atomic E-state index is 0.0276. The highest BCUT2D eigenvalue weighted by molar-refractivity contribution is 8.00. The Morgan fingerprint density at radius 3 is 2.56 bits per heavy atom. The van der Waals surface area contributed by atoms with Crippen molar-refractivity contribution in [2.24, 2.45) is 0 Å². The van der Waals surface area contributed by atoms with Crippen molar-refractivity contribution in [1.82, 2.24) is 4.98 Å². The highest BCUT2D eigenvalue weighted by atomic mass is 35.5. The number of hydrogen-bond acceptors (Lipinski definition) is 6. The SMILES string of the molecule is O=C(CSc1ccc([N+](=O)[O-])cc1)Nc1ncc(Cc2ccc(Cl)cc2)s1. The summed E-state index contributed by atoms with van der Waals surface area (Å²) in [5.74, 6) is 0.0231. The molecule has 2 aromatic carbocycles. The zero-order valence-electron chi connectivity index (χ0n) is 13.9. The van der Waals surface area contributed by atoms with Gasteiger partial charge in [0.05, 0.1) is 10.7 Å². The van der Waals surface area contributed by atoms with Crippen molar-refractivity contribution in [3.8, 4) is 0 Å². The van der Waals surface area contributed by atoms with Gasteiger partial charge in [0.25, 0.3) is 5.69 Å². The molecular weight excluding hydrogens is 406 g/mol. The van der Waals surface area contributed by atoms with E-state index in [2.05, 4.69) is 10.3 Å². The minimum Gasteiger partial charge on any atom is -0.301 e. The lowest BCUT2D eigenvalue weighted by Crippen LogP contribution is -2.13. The van der Waals surface area contributed by atoms with Gasteiger partial charge in [-0.15, -0.1) is 23.1 Å². The number of nitro benzene ring substituents is 1. The van der Waals surface area contributed by atoms with Gasteiger partial charge < -0.3 is 5.32 Å². The van der Waals surface area contributed by atoms with Crippen LogP contribution in [0.25, 0.3) is 0 Å². The molecule has 138 valence electrons. The first kappa shape index (κ1) is 19.3. The van der Waals surface area contributed by atoms with Gasteiger partial charge in [-0.05, 0) is 29.8 Å². The van der Waals surface area contributed by atoms with Crippen LogP contribution in [0, 0.1) is 10.1 Å². The van der Waals surface area contributed by atoms with Gasteiger partial charge in [-0.1, -0.05) is 23.7 Å². The number of thioether (sulfide) groups is 1. The summed E-state index contributed by atoms with van der Waals surface area (Å²) >= 11 is 8.62. The summed E-state index contributed by atoms with van der Waals surface area (Å²) in [4.78, 5) is 28.3. The van der Waals surface area contributed by atoms with E-state index in [0.29, 0.717) is 10.2 Å². The molecule has 1 amide bonds. The molecule has 0 saturated heterocycles. The monoisotopic (exact) mass is 419 g/mol. The second-order valence-electron chi connectivity index (χ2n) is 5.52. The molecule has 0 aliphatic heterocycles. The van der Waals surface area contributed by atoms with Crippen LogP contribution in [0.2, 0.25) is 5.02 Å². The smallest absolute Gasteiger partial charge is 0.269 e. The zero-order chi connectivity index (χ0) is 19.2. The van der Waals surface area contributed by atoms with Gasteiger partial charge in [0.1, 0.15) is 0 Å². The average Bonchev–Trinajstić information content (AvgIpc) is 3.09. The third-order valence-corrected chi connectivity index (χ3v) is 5.69. The van der Waals surface area contributed by atoms with Crippen molar-refractivity contribution >= 4 is 51.4 Å². The Bertz CT molecular complexity index is 943. The Hall–Kier alpha value is -2.42. The van der Waals surface area contributed by atoms with Crippen LogP contribution in [0.5, 0.6) is 0 Å². The number of nitrogens with one attached hydrogen (secondary N) is 1. The van der Waals surface area contributed by atoms with E-state index in [1.54, 1.807) is 18.3 Å². The number of nitro groups is 1. The third-order valence-electron chi connectivity index (χ3n) is 3.51. The Kier molecular flexibility index (Phi) is 6.44. The molecule has 0 saturated carbocycles. The van der Waals surface area contributed by atoms with E-state index >= 15 is 0 Å². The number of nitrogens with zero attached hydrogens (tertiary/aromatic N) is 2. The van der Waals surface area contributed by atoms with Crippen molar-refractivity contribution in [2.75, 3.05) is 11.1 Å². The van der Waals surface area contributed by atoms with Gasteiger partial charge in [0.2, 0.25) is 5.91 Å². The van der Waals surface area contributed by atoms with Crippen LogP contribution in [-0.4, -0.2) is 21.6 Å². The first-order chi connectivity index (χ1) is 13.0. The van der Waals surface area contributed by atoms with Gasteiger partial charge in [0, 0.05) is 39.5 Å². The summed E-state index contributed by atoms with van der Waals surface area (Å²) in [5, 5.41) is 14.7. The molecule has 3 rings (SSSR count). The van der Waals surface area contributed by atoms with Crippen molar-refractivity contribution in [3.63, 3.8) is 0 Å². The second-order valence-corrected chi connectivity index (χ2v) is 8.12. The molecule has 1 N–H and O–H groups in total. The van der Waals surface area contributed by atoms with Crippen molar-refractivity contribution in [2.45, 2.75) is 11.3 Å². The summed E-state index contributed by atoms with van der Waals surface area (Å²) < 4.78 is 0. The molecule has 1 aromatic heterocycles. The number of benzene rings is 2. The fraction of sp³-hybridized carbons (Fsp3) is 0.111. The molecule has 0 aliphatic rings. The maximum Gasteiger partial charge on any atom is 0.269 e. The normalized spacial score (nSPS) is 10.6.